The van der Waals surface area contributed by atoms with Crippen molar-refractivity contribution in [1.82, 2.24) is 0 Å². The molecule has 0 spiro atoms. The third-order valence-electron chi connectivity index (χ3n) is 1.32. The average Bonchev–Trinajstić information content (AvgIpc) is 2.46. The molecule has 0 fully saturated rings. The summed E-state index contributed by atoms with van der Waals surface area (Å²) in [6.07, 6.45) is 1.66. The zero-order valence-corrected chi connectivity index (χ0v) is 10.1. The largest absolute Gasteiger partial charge is 0.477 e. The molecule has 1 aromatic rings. The first-order chi connectivity index (χ1) is 6.36. The quantitative estimate of drug-likeness (QED) is 0.674. The Morgan fingerprint density at radius 3 is 2.50 bits per heavy atom. The summed E-state index contributed by atoms with van der Waals surface area (Å²) in [5, 5.41) is 8.65. The standard InChI is InChI=1S/C6H5ClO4S3/c1-12-6-4(14(7,10)11)2-3(13-6)5(8)9/h2H,1H3,(H,8,9). The summed E-state index contributed by atoms with van der Waals surface area (Å²) in [5.41, 5.74) is 0. The van der Waals surface area contributed by atoms with Gasteiger partial charge in [-0.05, 0) is 12.3 Å². The molecule has 1 heterocycles. The highest BCUT2D eigenvalue weighted by Crippen LogP contribution is 2.35. The molecule has 0 aliphatic heterocycles. The van der Waals surface area contributed by atoms with Crippen LogP contribution in [0.3, 0.4) is 0 Å². The number of carboxylic acids is 1. The molecule has 0 atom stereocenters. The van der Waals surface area contributed by atoms with Gasteiger partial charge in [-0.15, -0.1) is 23.1 Å². The maximum Gasteiger partial charge on any atom is 0.345 e. The Hall–Kier alpha value is -0.240. The topological polar surface area (TPSA) is 71.4 Å². The van der Waals surface area contributed by atoms with Gasteiger partial charge in [0.1, 0.15) is 9.77 Å². The highest BCUT2D eigenvalue weighted by Gasteiger charge is 2.21. The van der Waals surface area contributed by atoms with Crippen LogP contribution in [0.15, 0.2) is 15.2 Å². The van der Waals surface area contributed by atoms with E-state index in [1.54, 1.807) is 6.26 Å². The van der Waals surface area contributed by atoms with Crippen LogP contribution in [0, 0.1) is 0 Å². The van der Waals surface area contributed by atoms with Crippen LogP contribution in [0.5, 0.6) is 0 Å². The van der Waals surface area contributed by atoms with Crippen LogP contribution in [-0.2, 0) is 9.05 Å². The molecule has 0 saturated heterocycles. The van der Waals surface area contributed by atoms with Crippen LogP contribution in [-0.4, -0.2) is 25.7 Å². The zero-order chi connectivity index (χ0) is 10.9. The van der Waals surface area contributed by atoms with E-state index in [-0.39, 0.29) is 9.77 Å². The molecule has 0 aromatic carbocycles. The number of rotatable bonds is 3. The van der Waals surface area contributed by atoms with Crippen molar-refractivity contribution in [2.75, 3.05) is 6.26 Å². The highest BCUT2D eigenvalue weighted by molar-refractivity contribution is 8.14. The Kier molecular flexibility index (Phi) is 3.46. The van der Waals surface area contributed by atoms with E-state index in [1.165, 1.54) is 0 Å². The number of hydrogen-bond donors (Lipinski definition) is 1. The van der Waals surface area contributed by atoms with Gasteiger partial charge in [-0.1, -0.05) is 0 Å². The fourth-order valence-electron chi connectivity index (χ4n) is 0.775. The van der Waals surface area contributed by atoms with E-state index < -0.39 is 15.0 Å². The molecule has 1 N–H and O–H groups in total. The van der Waals surface area contributed by atoms with Crippen LogP contribution in [0.25, 0.3) is 0 Å². The summed E-state index contributed by atoms with van der Waals surface area (Å²) in [4.78, 5) is 10.4. The second-order valence-corrected chi connectivity index (χ2v) is 6.87. The minimum Gasteiger partial charge on any atom is -0.477 e. The number of thioether (sulfide) groups is 1. The summed E-state index contributed by atoms with van der Waals surface area (Å²) in [7, 11) is 1.27. The third-order valence-corrected chi connectivity index (χ3v) is 5.19. The lowest BCUT2D eigenvalue weighted by atomic mass is 10.5. The summed E-state index contributed by atoms with van der Waals surface area (Å²) in [6, 6.07) is 1.07. The normalized spacial score (nSPS) is 11.6. The second kappa shape index (κ2) is 4.09. The van der Waals surface area contributed by atoms with Gasteiger partial charge in [-0.3, -0.25) is 0 Å². The predicted octanol–water partition coefficient (Wildman–Crippen LogP) is 2.10. The molecular weight excluding hydrogens is 268 g/mol. The molecule has 78 valence electrons. The molecule has 0 amide bonds. The molecule has 8 heteroatoms. The van der Waals surface area contributed by atoms with Gasteiger partial charge in [0.15, 0.2) is 0 Å². The van der Waals surface area contributed by atoms with E-state index in [1.807, 2.05) is 0 Å². The van der Waals surface area contributed by atoms with Crippen molar-refractivity contribution in [3.63, 3.8) is 0 Å². The Morgan fingerprint density at radius 2 is 2.21 bits per heavy atom. The van der Waals surface area contributed by atoms with Gasteiger partial charge in [-0.2, -0.15) is 0 Å². The van der Waals surface area contributed by atoms with Gasteiger partial charge in [0.25, 0.3) is 9.05 Å². The van der Waals surface area contributed by atoms with Crippen LogP contribution in [0.4, 0.5) is 0 Å². The molecule has 1 aromatic heterocycles. The lowest BCUT2D eigenvalue weighted by Crippen LogP contribution is -1.92. The SMILES string of the molecule is CSc1sc(C(=O)O)cc1S(=O)(=O)Cl. The van der Waals surface area contributed by atoms with E-state index >= 15 is 0 Å². The summed E-state index contributed by atoms with van der Waals surface area (Å²) in [6.45, 7) is 0. The maximum absolute atomic E-state index is 11.0. The number of aromatic carboxylic acids is 1. The van der Waals surface area contributed by atoms with Crippen molar-refractivity contribution in [1.29, 1.82) is 0 Å². The number of carboxylic acid groups (broad SMARTS) is 1. The lowest BCUT2D eigenvalue weighted by Gasteiger charge is -1.93. The Morgan fingerprint density at radius 1 is 1.64 bits per heavy atom. The zero-order valence-electron chi connectivity index (χ0n) is 6.85. The van der Waals surface area contributed by atoms with Crippen molar-refractivity contribution in [3.05, 3.63) is 10.9 Å². The molecule has 1 rings (SSSR count). The van der Waals surface area contributed by atoms with Crippen LogP contribution >= 0.6 is 33.8 Å². The molecule has 0 aliphatic carbocycles. The van der Waals surface area contributed by atoms with Crippen molar-refractivity contribution >= 4 is 48.8 Å². The molecule has 14 heavy (non-hydrogen) atoms. The Labute approximate surface area is 93.3 Å². The maximum atomic E-state index is 11.0. The van der Waals surface area contributed by atoms with E-state index in [9.17, 15) is 13.2 Å². The first-order valence-corrected chi connectivity index (χ1v) is 7.57. The summed E-state index contributed by atoms with van der Waals surface area (Å²) < 4.78 is 22.4. The van der Waals surface area contributed by atoms with Crippen LogP contribution < -0.4 is 0 Å². The Balaban J connectivity index is 3.37. The van der Waals surface area contributed by atoms with Gasteiger partial charge in [0.05, 0.1) is 4.21 Å². The van der Waals surface area contributed by atoms with Gasteiger partial charge in [0, 0.05) is 10.7 Å². The minimum atomic E-state index is -3.86. The molecule has 0 radical (unpaired) electrons. The minimum absolute atomic E-state index is 0.0337. The highest BCUT2D eigenvalue weighted by atomic mass is 35.7. The van der Waals surface area contributed by atoms with Gasteiger partial charge < -0.3 is 5.11 Å². The van der Waals surface area contributed by atoms with Crippen LogP contribution in [0.2, 0.25) is 0 Å². The van der Waals surface area contributed by atoms with Crippen LogP contribution in [0.1, 0.15) is 9.67 Å². The summed E-state index contributed by atoms with van der Waals surface area (Å²) in [5.74, 6) is -1.16. The average molecular weight is 273 g/mol. The van der Waals surface area contributed by atoms with E-state index in [0.29, 0.717) is 4.21 Å². The molecule has 0 saturated carbocycles. The molecular formula is C6H5ClO4S3. The first kappa shape index (κ1) is 11.8. The van der Waals surface area contributed by atoms with Gasteiger partial charge in [0.2, 0.25) is 0 Å². The molecule has 0 aliphatic rings. The lowest BCUT2D eigenvalue weighted by molar-refractivity contribution is 0.0702. The number of halogens is 1. The molecule has 4 nitrogen and oxygen atoms in total. The fourth-order valence-corrected chi connectivity index (χ4v) is 4.47. The third kappa shape index (κ3) is 2.41. The van der Waals surface area contributed by atoms with E-state index in [4.69, 9.17) is 15.8 Å². The van der Waals surface area contributed by atoms with Gasteiger partial charge in [-0.25, -0.2) is 13.2 Å². The predicted molar refractivity (Wildman–Crippen MR) is 56.1 cm³/mol. The number of thiophene rings is 1. The first-order valence-electron chi connectivity index (χ1n) is 3.22. The monoisotopic (exact) mass is 272 g/mol. The van der Waals surface area contributed by atoms with Gasteiger partial charge >= 0.3 is 5.97 Å². The van der Waals surface area contributed by atoms with Crippen molar-refractivity contribution < 1.29 is 18.3 Å². The number of hydrogen-bond acceptors (Lipinski definition) is 5. The summed E-state index contributed by atoms with van der Waals surface area (Å²) >= 11 is 2.05. The van der Waals surface area contributed by atoms with E-state index in [0.717, 1.165) is 29.2 Å². The smallest absolute Gasteiger partial charge is 0.345 e. The van der Waals surface area contributed by atoms with Crippen molar-refractivity contribution in [2.45, 2.75) is 9.10 Å². The Bertz CT molecular complexity index is 461. The van der Waals surface area contributed by atoms with Crippen molar-refractivity contribution in [2.24, 2.45) is 0 Å². The van der Waals surface area contributed by atoms with Crippen molar-refractivity contribution in [3.8, 4) is 0 Å². The second-order valence-electron chi connectivity index (χ2n) is 2.21. The fraction of sp³-hybridized carbons (Fsp3) is 0.167. The number of carbonyl (C=O) groups is 1. The molecule has 0 unspecified atom stereocenters. The van der Waals surface area contributed by atoms with E-state index in [2.05, 4.69) is 0 Å². The molecule has 0 bridgehead atoms.